The number of nitrogens with zero attached hydrogens (tertiary/aromatic N) is 6. The van der Waals surface area contributed by atoms with E-state index in [2.05, 4.69) is 30.7 Å². The predicted octanol–water partition coefficient (Wildman–Crippen LogP) is 4.73. The maximum atomic E-state index is 13.7. The second-order valence-electron chi connectivity index (χ2n) is 17.5. The number of benzene rings is 2. The molecule has 5 amide bonds. The van der Waals surface area contributed by atoms with E-state index in [1.54, 1.807) is 29.0 Å². The maximum absolute atomic E-state index is 13.7. The molecule has 63 heavy (non-hydrogen) atoms. The lowest BCUT2D eigenvalue weighted by molar-refractivity contribution is -0.136. The highest BCUT2D eigenvalue weighted by atomic mass is 35.5. The number of carbonyl (C=O) groups is 5. The molecule has 3 N–H and O–H groups in total. The first-order chi connectivity index (χ1) is 30.3. The van der Waals surface area contributed by atoms with Gasteiger partial charge in [-0.1, -0.05) is 17.7 Å². The summed E-state index contributed by atoms with van der Waals surface area (Å²) in [6.07, 6.45) is 7.65. The van der Waals surface area contributed by atoms with Gasteiger partial charge in [-0.15, -0.1) is 0 Å². The Bertz CT molecular complexity index is 2580. The summed E-state index contributed by atoms with van der Waals surface area (Å²) in [5.74, 6) is -1.21. The van der Waals surface area contributed by atoms with Crippen LogP contribution in [0.4, 0.5) is 23.1 Å². The van der Waals surface area contributed by atoms with Crippen molar-refractivity contribution in [1.29, 1.82) is 0 Å². The predicted molar refractivity (Wildman–Crippen MR) is 235 cm³/mol. The largest absolute Gasteiger partial charge is 0.478 e. The molecule has 1 aliphatic carbocycles. The van der Waals surface area contributed by atoms with E-state index in [0.29, 0.717) is 46.8 Å². The first-order valence-corrected chi connectivity index (χ1v) is 22.0. The lowest BCUT2D eigenvalue weighted by Crippen LogP contribution is -2.54. The monoisotopic (exact) mass is 879 g/mol. The average Bonchev–Trinajstić information content (AvgIpc) is 3.51. The number of anilines is 4. The number of fused-ring (bicyclic) bond motifs is 2. The molecule has 1 saturated carbocycles. The van der Waals surface area contributed by atoms with Gasteiger partial charge < -0.3 is 34.5 Å². The van der Waals surface area contributed by atoms with Gasteiger partial charge in [-0.3, -0.25) is 39.0 Å². The fourth-order valence-electron chi connectivity index (χ4n) is 9.82. The van der Waals surface area contributed by atoms with Crippen molar-refractivity contribution in [2.24, 2.45) is 5.41 Å². The number of piperidine rings is 3. The van der Waals surface area contributed by atoms with Crippen LogP contribution in [0.3, 0.4) is 0 Å². The summed E-state index contributed by atoms with van der Waals surface area (Å²) in [5.41, 5.74) is 2.63. The van der Waals surface area contributed by atoms with Crippen LogP contribution in [0.1, 0.15) is 92.0 Å². The standard InChI is InChI=1S/C45H50ClN9O8/c1-25(2)54-32-8-7-27(19-26(32)20-35(42(54)60)62-24-37(57)47-3)49-39-31(46)23-48-44(51-39)53-17-13-45(14-18-53)21-29(22-45)63-28-11-15-52(16-12-28)33-6-4-5-30-38(33)43(61)55(41(30)59)34-9-10-36(56)50-40(34)58/h4-8,19-20,23,25,28-29,34H,9-18,21-22,24H2,1-3H3,(H,47,57)(H,48,49,51)(H,50,56,58). The third kappa shape index (κ3) is 8.08. The van der Waals surface area contributed by atoms with Crippen LogP contribution in [0.15, 0.2) is 53.5 Å². The lowest BCUT2D eigenvalue weighted by Gasteiger charge is -2.53. The van der Waals surface area contributed by atoms with Crippen molar-refractivity contribution < 1.29 is 33.4 Å². The van der Waals surface area contributed by atoms with E-state index in [1.807, 2.05) is 38.1 Å². The van der Waals surface area contributed by atoms with Crippen LogP contribution in [-0.4, -0.2) is 107 Å². The topological polar surface area (TPSA) is 197 Å². The van der Waals surface area contributed by atoms with Crippen LogP contribution < -0.4 is 36.0 Å². The van der Waals surface area contributed by atoms with E-state index in [4.69, 9.17) is 26.1 Å². The number of pyridine rings is 1. The number of aromatic nitrogens is 3. The van der Waals surface area contributed by atoms with Crippen molar-refractivity contribution in [3.63, 3.8) is 0 Å². The van der Waals surface area contributed by atoms with Crippen LogP contribution >= 0.6 is 11.6 Å². The van der Waals surface area contributed by atoms with E-state index >= 15 is 0 Å². The molecular weight excluding hydrogens is 830 g/mol. The highest BCUT2D eigenvalue weighted by Crippen LogP contribution is 2.51. The van der Waals surface area contributed by atoms with Crippen molar-refractivity contribution in [2.45, 2.75) is 89.5 Å². The van der Waals surface area contributed by atoms with Crippen LogP contribution in [-0.2, 0) is 19.1 Å². The van der Waals surface area contributed by atoms with Gasteiger partial charge in [0.25, 0.3) is 23.3 Å². The van der Waals surface area contributed by atoms with Crippen molar-refractivity contribution in [3.8, 4) is 5.75 Å². The molecule has 4 fully saturated rings. The van der Waals surface area contributed by atoms with E-state index in [-0.39, 0.29) is 65.9 Å². The first kappa shape index (κ1) is 42.2. The third-order valence-corrected chi connectivity index (χ3v) is 13.5. The molecule has 4 aromatic rings. The lowest BCUT2D eigenvalue weighted by atomic mass is 9.61. The molecule has 0 radical (unpaired) electrons. The Labute approximate surface area is 368 Å². The average molecular weight is 880 g/mol. The first-order valence-electron chi connectivity index (χ1n) is 21.6. The van der Waals surface area contributed by atoms with Crippen molar-refractivity contribution in [3.05, 3.63) is 75.2 Å². The molecule has 6 heterocycles. The SMILES string of the molecule is CNC(=O)COc1cc2cc(Nc3nc(N4CCC5(CC4)CC(OC4CCN(c6cccc7c6C(=O)N(C6CCC(=O)NC6=O)C7=O)CC4)C5)ncc3Cl)ccc2n(C(C)C)c1=O. The Hall–Kier alpha value is -6.07. The van der Waals surface area contributed by atoms with Crippen molar-refractivity contribution in [2.75, 3.05) is 55.0 Å². The molecule has 17 nitrogen and oxygen atoms in total. The minimum atomic E-state index is -1.00. The van der Waals surface area contributed by atoms with Crippen LogP contribution in [0, 0.1) is 5.41 Å². The van der Waals surface area contributed by atoms with Crippen LogP contribution in [0.2, 0.25) is 5.02 Å². The summed E-state index contributed by atoms with van der Waals surface area (Å²) >= 11 is 6.61. The van der Waals surface area contributed by atoms with E-state index in [1.165, 1.54) is 7.05 Å². The van der Waals surface area contributed by atoms with Gasteiger partial charge in [-0.25, -0.2) is 4.98 Å². The zero-order valence-corrected chi connectivity index (χ0v) is 36.2. The molecular formula is C45H50ClN9O8. The number of halogens is 1. The Morgan fingerprint density at radius 3 is 2.43 bits per heavy atom. The summed E-state index contributed by atoms with van der Waals surface area (Å²) in [5, 5.41) is 9.21. The summed E-state index contributed by atoms with van der Waals surface area (Å²) < 4.78 is 13.9. The molecule has 330 valence electrons. The normalized spacial score (nSPS) is 20.3. The van der Waals surface area contributed by atoms with Gasteiger partial charge in [0.15, 0.2) is 18.2 Å². The van der Waals surface area contributed by atoms with Gasteiger partial charge in [0.2, 0.25) is 17.8 Å². The Balaban J connectivity index is 0.779. The maximum Gasteiger partial charge on any atom is 0.293 e. The summed E-state index contributed by atoms with van der Waals surface area (Å²) in [6, 6.07) is 11.4. The molecule has 1 atom stereocenters. The molecule has 1 spiro atoms. The molecule has 18 heteroatoms. The number of ether oxygens (including phenoxy) is 2. The number of amides is 5. The minimum Gasteiger partial charge on any atom is -0.478 e. The van der Waals surface area contributed by atoms with Crippen molar-refractivity contribution in [1.82, 2.24) is 30.1 Å². The molecule has 0 bridgehead atoms. The molecule has 1 unspecified atom stereocenters. The third-order valence-electron chi connectivity index (χ3n) is 13.2. The zero-order valence-electron chi connectivity index (χ0n) is 35.4. The Morgan fingerprint density at radius 2 is 1.71 bits per heavy atom. The quantitative estimate of drug-likeness (QED) is 0.175. The fraction of sp³-hybridized carbons (Fsp3) is 0.467. The highest BCUT2D eigenvalue weighted by molar-refractivity contribution is 6.33. The number of hydrogen-bond donors (Lipinski definition) is 3. The van der Waals surface area contributed by atoms with Gasteiger partial charge in [0.05, 0.1) is 40.7 Å². The number of likely N-dealkylation sites (N-methyl/N-ethyl adjacent to an activating group) is 1. The van der Waals surface area contributed by atoms with Gasteiger partial charge in [0.1, 0.15) is 11.1 Å². The number of rotatable bonds is 11. The van der Waals surface area contributed by atoms with Crippen LogP contribution in [0.5, 0.6) is 5.75 Å². The van der Waals surface area contributed by atoms with Gasteiger partial charge in [-0.05, 0) is 101 Å². The van der Waals surface area contributed by atoms with Gasteiger partial charge in [-0.2, -0.15) is 4.98 Å². The fourth-order valence-corrected chi connectivity index (χ4v) is 9.96. The van der Waals surface area contributed by atoms with Crippen molar-refractivity contribution >= 4 is 75.2 Å². The Kier molecular flexibility index (Phi) is 11.3. The number of nitrogens with one attached hydrogen (secondary N) is 3. The second kappa shape index (κ2) is 16.9. The second-order valence-corrected chi connectivity index (χ2v) is 17.9. The highest BCUT2D eigenvalue weighted by Gasteiger charge is 2.49. The summed E-state index contributed by atoms with van der Waals surface area (Å²) in [6.45, 7) is 6.51. The molecule has 3 saturated heterocycles. The molecule has 5 aliphatic rings. The number of hydrogen-bond acceptors (Lipinski definition) is 13. The number of imide groups is 2. The van der Waals surface area contributed by atoms with E-state index in [9.17, 15) is 28.8 Å². The minimum absolute atomic E-state index is 0.0763. The van der Waals surface area contributed by atoms with E-state index in [0.717, 1.165) is 67.4 Å². The molecule has 9 rings (SSSR count). The molecule has 4 aliphatic heterocycles. The van der Waals surface area contributed by atoms with E-state index < -0.39 is 29.7 Å². The van der Waals surface area contributed by atoms with Gasteiger partial charge in [0, 0.05) is 56.8 Å². The van der Waals surface area contributed by atoms with Gasteiger partial charge >= 0.3 is 0 Å². The summed E-state index contributed by atoms with van der Waals surface area (Å²) in [7, 11) is 1.51. The molecule has 2 aromatic carbocycles. The number of carbonyl (C=O) groups excluding carboxylic acids is 5. The van der Waals surface area contributed by atoms with Crippen LogP contribution in [0.25, 0.3) is 10.9 Å². The zero-order chi connectivity index (χ0) is 44.2. The summed E-state index contributed by atoms with van der Waals surface area (Å²) in [4.78, 5) is 91.2. The molecule has 2 aromatic heterocycles. The smallest absolute Gasteiger partial charge is 0.293 e. The Morgan fingerprint density at radius 1 is 0.952 bits per heavy atom.